The van der Waals surface area contributed by atoms with Gasteiger partial charge in [0, 0.05) is 60.1 Å². The van der Waals surface area contributed by atoms with Gasteiger partial charge < -0.3 is 42.9 Å². The number of nitrogens with two attached hydrogens (primary N) is 2. The van der Waals surface area contributed by atoms with E-state index in [1.807, 2.05) is 0 Å². The van der Waals surface area contributed by atoms with Gasteiger partial charge in [0.2, 0.25) is 0 Å². The Balaban J connectivity index is 1.76. The van der Waals surface area contributed by atoms with Crippen LogP contribution in [0.4, 0.5) is 0 Å². The van der Waals surface area contributed by atoms with E-state index in [1.165, 1.54) is 24.8 Å². The van der Waals surface area contributed by atoms with E-state index < -0.39 is 81.9 Å². The van der Waals surface area contributed by atoms with E-state index in [-0.39, 0.29) is 41.7 Å². The molecule has 10 N–H and O–H groups in total. The largest absolute Gasteiger partial charge is 0.481 e. The molecule has 14 nitrogen and oxygen atoms in total. The molecule has 0 amide bonds. The summed E-state index contributed by atoms with van der Waals surface area (Å²) in [5.74, 6) is -6.65. The third kappa shape index (κ3) is 5.22. The molecule has 1 unspecified atom stereocenters. The Morgan fingerprint density at radius 1 is 0.804 bits per heavy atom. The minimum Gasteiger partial charge on any atom is -0.481 e. The highest BCUT2D eigenvalue weighted by molar-refractivity contribution is 6.25. The van der Waals surface area contributed by atoms with Crippen molar-refractivity contribution in [1.29, 1.82) is 0 Å². The van der Waals surface area contributed by atoms with Crippen LogP contribution in [0.15, 0.2) is 47.1 Å². The van der Waals surface area contributed by atoms with Crippen LogP contribution in [0.2, 0.25) is 0 Å². The van der Waals surface area contributed by atoms with Crippen molar-refractivity contribution in [3.8, 4) is 0 Å². The van der Waals surface area contributed by atoms with E-state index in [0.717, 1.165) is 0 Å². The number of unbranched alkanes of at least 4 members (excludes halogenated alkanes) is 1. The molecule has 4 heterocycles. The molecule has 0 aromatic heterocycles. The Bertz CT molecular complexity index is 1480. The van der Waals surface area contributed by atoms with E-state index in [2.05, 4.69) is 21.3 Å². The van der Waals surface area contributed by atoms with Crippen molar-refractivity contribution in [3.05, 3.63) is 47.1 Å². The number of carboxylic acid groups (broad SMARTS) is 2. The van der Waals surface area contributed by atoms with Crippen LogP contribution in [-0.2, 0) is 28.8 Å². The van der Waals surface area contributed by atoms with E-state index in [0.29, 0.717) is 19.4 Å². The fourth-order valence-corrected chi connectivity index (χ4v) is 7.12. The zero-order valence-corrected chi connectivity index (χ0v) is 26.6. The van der Waals surface area contributed by atoms with Crippen molar-refractivity contribution in [3.63, 3.8) is 0 Å². The number of nitrogens with one attached hydrogen (secondary N) is 4. The van der Waals surface area contributed by atoms with E-state index >= 15 is 0 Å². The minimum absolute atomic E-state index is 0.0182. The van der Waals surface area contributed by atoms with Crippen LogP contribution >= 0.6 is 0 Å². The molecule has 250 valence electrons. The number of rotatable bonds is 15. The first-order valence-corrected chi connectivity index (χ1v) is 15.6. The Kier molecular flexibility index (Phi) is 9.64. The van der Waals surface area contributed by atoms with E-state index in [4.69, 9.17) is 11.5 Å². The van der Waals surface area contributed by atoms with Crippen LogP contribution in [0.3, 0.4) is 0 Å². The van der Waals surface area contributed by atoms with Gasteiger partial charge in [-0.25, -0.2) is 0 Å². The molecule has 0 aliphatic carbocycles. The second kappa shape index (κ2) is 12.8. The standard InChI is InChI=1S/C32H44N6O8/c1-16(2)24(29(45)46)18-12-36-30(26(18)42,8-5-6-10-33)20-14-38-32(17(3)4,28(20)44)21-15-37-31(27(21)43,9-7-23(39)40)19-13-35-22(11-34)25(19)41/h12-17,22,24,35-38H,5-11,33-34H2,1-4H3,(H,39,40)(H,45,46)/t22?,24-,30+,31+,32+/m1/s1. The van der Waals surface area contributed by atoms with Crippen molar-refractivity contribution >= 4 is 35.1 Å². The van der Waals surface area contributed by atoms with Crippen LogP contribution in [-0.4, -0.2) is 81.0 Å². The summed E-state index contributed by atoms with van der Waals surface area (Å²) in [6, 6.07) is -0.788. The number of Topliss-reactive ketones (excluding diaryl/α,β-unsaturated/α-hetero) is 4. The van der Waals surface area contributed by atoms with Crippen LogP contribution in [0.1, 0.15) is 59.8 Å². The molecule has 5 atom stereocenters. The lowest BCUT2D eigenvalue weighted by Crippen LogP contribution is -2.59. The maximum Gasteiger partial charge on any atom is 0.311 e. The second-order valence-electron chi connectivity index (χ2n) is 13.0. The summed E-state index contributed by atoms with van der Waals surface area (Å²) < 4.78 is 0. The summed E-state index contributed by atoms with van der Waals surface area (Å²) in [6.45, 7) is 7.15. The molecule has 0 spiro atoms. The summed E-state index contributed by atoms with van der Waals surface area (Å²) in [4.78, 5) is 80.6. The van der Waals surface area contributed by atoms with E-state index in [9.17, 15) is 39.0 Å². The van der Waals surface area contributed by atoms with Crippen molar-refractivity contribution in [1.82, 2.24) is 21.3 Å². The van der Waals surface area contributed by atoms with Gasteiger partial charge in [-0.3, -0.25) is 28.8 Å². The van der Waals surface area contributed by atoms with Crippen LogP contribution in [0.5, 0.6) is 0 Å². The molecule has 4 aliphatic rings. The average Bonchev–Trinajstić information content (AvgIpc) is 3.72. The predicted octanol–water partition coefficient (Wildman–Crippen LogP) is -0.238. The van der Waals surface area contributed by atoms with Gasteiger partial charge in [-0.15, -0.1) is 0 Å². The minimum atomic E-state index is -1.77. The van der Waals surface area contributed by atoms with Crippen LogP contribution in [0.25, 0.3) is 0 Å². The highest BCUT2D eigenvalue weighted by atomic mass is 16.4. The zero-order valence-electron chi connectivity index (χ0n) is 26.6. The van der Waals surface area contributed by atoms with Gasteiger partial charge in [-0.2, -0.15) is 0 Å². The molecule has 0 aromatic rings. The summed E-state index contributed by atoms with van der Waals surface area (Å²) in [6.07, 6.45) is 5.92. The maximum atomic E-state index is 14.8. The Morgan fingerprint density at radius 3 is 1.98 bits per heavy atom. The van der Waals surface area contributed by atoms with E-state index in [1.54, 1.807) is 27.7 Å². The van der Waals surface area contributed by atoms with Crippen molar-refractivity contribution in [2.24, 2.45) is 29.2 Å². The molecule has 4 rings (SSSR count). The fourth-order valence-electron chi connectivity index (χ4n) is 7.12. The molecule has 0 fully saturated rings. The van der Waals surface area contributed by atoms with Gasteiger partial charge in [0.25, 0.3) is 0 Å². The molecule has 0 saturated carbocycles. The average molecular weight is 641 g/mol. The fraction of sp³-hybridized carbons (Fsp3) is 0.562. The predicted molar refractivity (Wildman–Crippen MR) is 167 cm³/mol. The zero-order chi connectivity index (χ0) is 34.2. The first-order chi connectivity index (χ1) is 21.7. The molecule has 0 aromatic carbocycles. The monoisotopic (exact) mass is 640 g/mol. The molecule has 4 aliphatic heterocycles. The Labute approximate surface area is 267 Å². The summed E-state index contributed by atoms with van der Waals surface area (Å²) >= 11 is 0. The topological polar surface area (TPSA) is 243 Å². The van der Waals surface area contributed by atoms with Gasteiger partial charge in [0.05, 0.1) is 5.92 Å². The molecule has 46 heavy (non-hydrogen) atoms. The third-order valence-corrected chi connectivity index (χ3v) is 9.71. The first kappa shape index (κ1) is 34.6. The van der Waals surface area contributed by atoms with Crippen molar-refractivity contribution < 1.29 is 39.0 Å². The maximum absolute atomic E-state index is 14.8. The molecular formula is C32H44N6O8. The van der Waals surface area contributed by atoms with Gasteiger partial charge in [-0.05, 0) is 44.1 Å². The van der Waals surface area contributed by atoms with Gasteiger partial charge in [0.15, 0.2) is 23.1 Å². The smallest absolute Gasteiger partial charge is 0.311 e. The van der Waals surface area contributed by atoms with Crippen molar-refractivity contribution in [2.75, 3.05) is 13.1 Å². The highest BCUT2D eigenvalue weighted by Crippen LogP contribution is 2.46. The number of hydrogen-bond donors (Lipinski definition) is 8. The number of aliphatic carboxylic acids is 2. The first-order valence-electron chi connectivity index (χ1n) is 15.6. The SMILES string of the molecule is CC(C)[C@@H](C(=O)O)C1=CN[C@@](CCCCN)(C2=CN[C@](C3=CN[C@@](CCC(=O)O)(C4=CNC(CN)C4=O)C3=O)(C(C)C)C2=O)C1=O. The van der Waals surface area contributed by atoms with Crippen molar-refractivity contribution in [2.45, 2.75) is 82.5 Å². The lowest BCUT2D eigenvalue weighted by Gasteiger charge is -2.37. The molecule has 14 heteroatoms. The van der Waals surface area contributed by atoms with Gasteiger partial charge >= 0.3 is 11.9 Å². The second-order valence-corrected chi connectivity index (χ2v) is 13.0. The Hall–Kier alpha value is -4.30. The molecular weight excluding hydrogens is 596 g/mol. The summed E-state index contributed by atoms with van der Waals surface area (Å²) in [5.41, 5.74) is 6.49. The number of ketones is 4. The summed E-state index contributed by atoms with van der Waals surface area (Å²) in [7, 11) is 0. The highest BCUT2D eigenvalue weighted by Gasteiger charge is 2.63. The number of hydrogen-bond acceptors (Lipinski definition) is 12. The summed E-state index contributed by atoms with van der Waals surface area (Å²) in [5, 5.41) is 31.5. The number of carbonyl (C=O) groups excluding carboxylic acids is 4. The lowest BCUT2D eigenvalue weighted by molar-refractivity contribution is -0.143. The lowest BCUT2D eigenvalue weighted by atomic mass is 9.67. The number of carboxylic acids is 2. The Morgan fingerprint density at radius 2 is 1.43 bits per heavy atom. The van der Waals surface area contributed by atoms with Gasteiger partial charge in [-0.1, -0.05) is 27.7 Å². The van der Waals surface area contributed by atoms with Crippen LogP contribution < -0.4 is 32.7 Å². The third-order valence-electron chi connectivity index (χ3n) is 9.71. The number of carbonyl (C=O) groups is 6. The molecule has 0 saturated heterocycles. The van der Waals surface area contributed by atoms with Crippen LogP contribution in [0, 0.1) is 17.8 Å². The normalized spacial score (nSPS) is 29.6. The molecule has 0 radical (unpaired) electrons. The van der Waals surface area contributed by atoms with Gasteiger partial charge in [0.1, 0.15) is 22.7 Å². The molecule has 0 bridgehead atoms. The quantitative estimate of drug-likeness (QED) is 0.108.